The SMILES string of the molecule is COc1cc(Cl)cc(C=Nn2c(=O)[nH]c3ccccc3c2=O)c1Oc1ccc([N+](=O)[O-])cn1. The lowest BCUT2D eigenvalue weighted by molar-refractivity contribution is -0.385. The Balaban J connectivity index is 1.78. The molecule has 0 radical (unpaired) electrons. The van der Waals surface area contributed by atoms with E-state index in [1.807, 2.05) is 0 Å². The summed E-state index contributed by atoms with van der Waals surface area (Å²) in [6.07, 6.45) is 2.25. The summed E-state index contributed by atoms with van der Waals surface area (Å²) in [4.78, 5) is 41.8. The van der Waals surface area contributed by atoms with E-state index in [9.17, 15) is 19.7 Å². The van der Waals surface area contributed by atoms with Gasteiger partial charge in [-0.25, -0.2) is 9.78 Å². The Morgan fingerprint density at radius 1 is 1.21 bits per heavy atom. The molecule has 2 aromatic carbocycles. The fourth-order valence-electron chi connectivity index (χ4n) is 2.97. The molecule has 4 aromatic rings. The summed E-state index contributed by atoms with van der Waals surface area (Å²) in [5, 5.41) is 15.4. The second-order valence-electron chi connectivity index (χ2n) is 6.58. The van der Waals surface area contributed by atoms with E-state index >= 15 is 0 Å². The maximum absolute atomic E-state index is 12.7. The van der Waals surface area contributed by atoms with Gasteiger partial charge in [0.1, 0.15) is 6.20 Å². The third kappa shape index (κ3) is 4.43. The highest BCUT2D eigenvalue weighted by Crippen LogP contribution is 2.36. The molecule has 0 aliphatic heterocycles. The van der Waals surface area contributed by atoms with Gasteiger partial charge in [-0.15, -0.1) is 4.68 Å². The Kier molecular flexibility index (Phi) is 5.87. The molecule has 0 spiro atoms. The van der Waals surface area contributed by atoms with Crippen molar-refractivity contribution in [2.75, 3.05) is 7.11 Å². The van der Waals surface area contributed by atoms with Gasteiger partial charge in [-0.2, -0.15) is 5.10 Å². The average molecular weight is 468 g/mol. The van der Waals surface area contributed by atoms with E-state index in [0.717, 1.165) is 6.20 Å². The molecule has 4 rings (SSSR count). The van der Waals surface area contributed by atoms with Crippen molar-refractivity contribution in [1.29, 1.82) is 0 Å². The first-order valence-electron chi connectivity index (χ1n) is 9.31. The number of nitrogens with one attached hydrogen (secondary N) is 1. The molecule has 0 unspecified atom stereocenters. The van der Waals surface area contributed by atoms with Crippen molar-refractivity contribution in [2.45, 2.75) is 0 Å². The van der Waals surface area contributed by atoms with Crippen LogP contribution in [0.2, 0.25) is 5.02 Å². The average Bonchev–Trinajstić information content (AvgIpc) is 2.80. The summed E-state index contributed by atoms with van der Waals surface area (Å²) in [5.74, 6) is 0.373. The minimum Gasteiger partial charge on any atom is -0.493 e. The van der Waals surface area contributed by atoms with Crippen molar-refractivity contribution in [2.24, 2.45) is 5.10 Å². The quantitative estimate of drug-likeness (QED) is 0.260. The number of fused-ring (bicyclic) bond motifs is 1. The number of H-pyrrole nitrogens is 1. The van der Waals surface area contributed by atoms with E-state index in [2.05, 4.69) is 15.1 Å². The molecule has 0 aliphatic rings. The highest BCUT2D eigenvalue weighted by molar-refractivity contribution is 6.31. The molecule has 0 bridgehead atoms. The fraction of sp³-hybridized carbons (Fsp3) is 0.0476. The van der Waals surface area contributed by atoms with Crippen LogP contribution in [-0.4, -0.2) is 32.9 Å². The van der Waals surface area contributed by atoms with Crippen molar-refractivity contribution in [1.82, 2.24) is 14.6 Å². The molecule has 33 heavy (non-hydrogen) atoms. The van der Waals surface area contributed by atoms with Crippen LogP contribution in [0.4, 0.5) is 5.69 Å². The molecule has 0 amide bonds. The molecule has 0 saturated heterocycles. The number of nitro groups is 1. The zero-order chi connectivity index (χ0) is 23.5. The van der Waals surface area contributed by atoms with Gasteiger partial charge in [0.25, 0.3) is 11.2 Å². The molecule has 11 nitrogen and oxygen atoms in total. The first kappa shape index (κ1) is 21.7. The highest BCUT2D eigenvalue weighted by Gasteiger charge is 2.15. The number of ether oxygens (including phenoxy) is 2. The van der Waals surface area contributed by atoms with E-state index in [0.29, 0.717) is 10.2 Å². The Morgan fingerprint density at radius 2 is 2.00 bits per heavy atom. The van der Waals surface area contributed by atoms with Gasteiger partial charge in [-0.05, 0) is 18.2 Å². The van der Waals surface area contributed by atoms with Crippen LogP contribution in [0.1, 0.15) is 5.56 Å². The summed E-state index contributed by atoms with van der Waals surface area (Å²) < 4.78 is 11.7. The molecule has 0 saturated carbocycles. The highest BCUT2D eigenvalue weighted by atomic mass is 35.5. The number of halogens is 1. The first-order valence-corrected chi connectivity index (χ1v) is 9.69. The van der Waals surface area contributed by atoms with Gasteiger partial charge in [-0.1, -0.05) is 23.7 Å². The van der Waals surface area contributed by atoms with Crippen LogP contribution >= 0.6 is 11.6 Å². The van der Waals surface area contributed by atoms with Crippen LogP contribution < -0.4 is 20.7 Å². The number of para-hydroxylation sites is 1. The third-order valence-electron chi connectivity index (χ3n) is 4.50. The standard InChI is InChI=1S/C21H14ClN5O6/c1-32-17-9-13(22)8-12(19(17)33-18-7-6-14(11-23-18)27(30)31)10-24-26-20(28)15-4-2-3-5-16(15)25-21(26)29/h2-11H,1H3,(H,25,29). The molecular weight excluding hydrogens is 454 g/mol. The molecule has 2 aromatic heterocycles. The molecule has 0 aliphatic carbocycles. The largest absolute Gasteiger partial charge is 0.493 e. The van der Waals surface area contributed by atoms with E-state index in [1.165, 1.54) is 37.6 Å². The number of rotatable bonds is 6. The molecule has 0 fully saturated rings. The smallest absolute Gasteiger partial charge is 0.349 e. The van der Waals surface area contributed by atoms with Gasteiger partial charge in [0.05, 0.1) is 29.2 Å². The number of hydrogen-bond acceptors (Lipinski definition) is 8. The van der Waals surface area contributed by atoms with Gasteiger partial charge >= 0.3 is 5.69 Å². The molecule has 2 heterocycles. The number of methoxy groups -OCH3 is 1. The maximum atomic E-state index is 12.7. The van der Waals surface area contributed by atoms with Crippen LogP contribution in [0.25, 0.3) is 10.9 Å². The predicted molar refractivity (Wildman–Crippen MR) is 121 cm³/mol. The van der Waals surface area contributed by atoms with Crippen LogP contribution in [-0.2, 0) is 0 Å². The Morgan fingerprint density at radius 3 is 2.70 bits per heavy atom. The van der Waals surface area contributed by atoms with Crippen molar-refractivity contribution in [3.05, 3.63) is 96.3 Å². The fourth-order valence-corrected chi connectivity index (χ4v) is 3.19. The summed E-state index contributed by atoms with van der Waals surface area (Å²) in [6.45, 7) is 0. The third-order valence-corrected chi connectivity index (χ3v) is 4.72. The molecule has 0 atom stereocenters. The number of hydrogen-bond donors (Lipinski definition) is 1. The van der Waals surface area contributed by atoms with Gasteiger partial charge in [0.2, 0.25) is 5.88 Å². The Hall–Kier alpha value is -4.51. The lowest BCUT2D eigenvalue weighted by Gasteiger charge is -2.13. The summed E-state index contributed by atoms with van der Waals surface area (Å²) in [6, 6.07) is 12.0. The molecular formula is C21H14ClN5O6. The first-order chi connectivity index (χ1) is 15.9. The number of nitrogens with zero attached hydrogens (tertiary/aromatic N) is 4. The zero-order valence-electron chi connectivity index (χ0n) is 16.9. The zero-order valence-corrected chi connectivity index (χ0v) is 17.6. The second-order valence-corrected chi connectivity index (χ2v) is 7.01. The van der Waals surface area contributed by atoms with E-state index in [4.69, 9.17) is 21.1 Å². The Bertz CT molecular complexity index is 1510. The minimum atomic E-state index is -0.733. The summed E-state index contributed by atoms with van der Waals surface area (Å²) in [7, 11) is 1.39. The Labute approximate surface area is 189 Å². The van der Waals surface area contributed by atoms with E-state index < -0.39 is 16.2 Å². The monoisotopic (exact) mass is 467 g/mol. The number of aromatic amines is 1. The molecule has 166 valence electrons. The summed E-state index contributed by atoms with van der Waals surface area (Å²) in [5.41, 5.74) is -0.903. The van der Waals surface area contributed by atoms with Crippen molar-refractivity contribution < 1.29 is 14.4 Å². The summed E-state index contributed by atoms with van der Waals surface area (Å²) >= 11 is 6.16. The van der Waals surface area contributed by atoms with E-state index in [-0.39, 0.29) is 39.0 Å². The van der Waals surface area contributed by atoms with E-state index in [1.54, 1.807) is 24.3 Å². The topological polar surface area (TPSA) is 142 Å². The second kappa shape index (κ2) is 8.93. The predicted octanol–water partition coefficient (Wildman–Crippen LogP) is 3.33. The van der Waals surface area contributed by atoms with Crippen molar-refractivity contribution >= 4 is 34.4 Å². The number of pyridine rings is 1. The minimum absolute atomic E-state index is 0.0385. The molecule has 12 heteroatoms. The maximum Gasteiger partial charge on any atom is 0.349 e. The van der Waals surface area contributed by atoms with Crippen molar-refractivity contribution in [3.63, 3.8) is 0 Å². The van der Waals surface area contributed by atoms with Gasteiger partial charge in [0.15, 0.2) is 11.5 Å². The van der Waals surface area contributed by atoms with Crippen LogP contribution in [0, 0.1) is 10.1 Å². The molecule has 1 N–H and O–H groups in total. The number of aromatic nitrogens is 3. The normalized spacial score (nSPS) is 11.1. The number of benzene rings is 2. The van der Waals surface area contributed by atoms with Gasteiger partial charge < -0.3 is 14.5 Å². The lowest BCUT2D eigenvalue weighted by atomic mass is 10.2. The lowest BCUT2D eigenvalue weighted by Crippen LogP contribution is -2.32. The van der Waals surface area contributed by atoms with Crippen LogP contribution in [0.15, 0.2) is 69.4 Å². The van der Waals surface area contributed by atoms with Crippen molar-refractivity contribution in [3.8, 4) is 17.4 Å². The van der Waals surface area contributed by atoms with Crippen LogP contribution in [0.5, 0.6) is 17.4 Å². The van der Waals surface area contributed by atoms with Crippen LogP contribution in [0.3, 0.4) is 0 Å². The van der Waals surface area contributed by atoms with Gasteiger partial charge in [-0.3, -0.25) is 14.9 Å². The van der Waals surface area contributed by atoms with Gasteiger partial charge in [0, 0.05) is 28.8 Å².